The van der Waals surface area contributed by atoms with Crippen LogP contribution >= 0.6 is 0 Å². The molecular formula is C19H23FN4O2. The summed E-state index contributed by atoms with van der Waals surface area (Å²) < 4.78 is 14.9. The second kappa shape index (κ2) is 7.68. The first kappa shape index (κ1) is 18.1. The molecule has 0 aliphatic carbocycles. The summed E-state index contributed by atoms with van der Waals surface area (Å²) in [6.45, 7) is 7.77. The van der Waals surface area contributed by atoms with Gasteiger partial charge in [0.05, 0.1) is 11.4 Å². The molecule has 138 valence electrons. The normalized spacial score (nSPS) is 16.3. The van der Waals surface area contributed by atoms with Gasteiger partial charge in [-0.25, -0.2) is 4.39 Å². The first-order chi connectivity index (χ1) is 12.5. The van der Waals surface area contributed by atoms with Crippen LogP contribution in [0.25, 0.3) is 0 Å². The molecule has 1 atom stereocenters. The summed E-state index contributed by atoms with van der Waals surface area (Å²) in [5.74, 6) is -0.405. The van der Waals surface area contributed by atoms with E-state index in [0.717, 1.165) is 23.4 Å². The van der Waals surface area contributed by atoms with Crippen LogP contribution in [0.4, 0.5) is 4.39 Å². The molecule has 0 fully saturated rings. The Labute approximate surface area is 152 Å². The summed E-state index contributed by atoms with van der Waals surface area (Å²) in [6.07, 6.45) is 1.71. The number of carbonyl (C=O) groups is 1. The molecule has 0 saturated carbocycles. The van der Waals surface area contributed by atoms with Crippen LogP contribution in [0, 0.1) is 12.7 Å². The quantitative estimate of drug-likeness (QED) is 0.798. The summed E-state index contributed by atoms with van der Waals surface area (Å²) >= 11 is 0. The number of benzene rings is 1. The van der Waals surface area contributed by atoms with Crippen molar-refractivity contribution in [2.75, 3.05) is 6.54 Å². The average molecular weight is 358 g/mol. The van der Waals surface area contributed by atoms with E-state index < -0.39 is 6.10 Å². The van der Waals surface area contributed by atoms with Gasteiger partial charge in [0.15, 0.2) is 0 Å². The highest BCUT2D eigenvalue weighted by atomic mass is 19.1. The van der Waals surface area contributed by atoms with Crippen molar-refractivity contribution in [3.05, 3.63) is 53.1 Å². The fourth-order valence-electron chi connectivity index (χ4n) is 2.95. The molecule has 1 aliphatic rings. The van der Waals surface area contributed by atoms with Gasteiger partial charge < -0.3 is 9.74 Å². The Morgan fingerprint density at radius 1 is 1.35 bits per heavy atom. The highest BCUT2D eigenvalue weighted by Gasteiger charge is 2.32. The number of aromatic nitrogens is 2. The van der Waals surface area contributed by atoms with Crippen molar-refractivity contribution >= 4 is 11.6 Å². The smallest absolute Gasteiger partial charge is 0.267 e. The van der Waals surface area contributed by atoms with E-state index in [2.05, 4.69) is 10.3 Å². The van der Waals surface area contributed by atoms with Crippen LogP contribution < -0.4 is 0 Å². The number of oxime groups is 1. The van der Waals surface area contributed by atoms with Gasteiger partial charge in [-0.1, -0.05) is 17.3 Å². The Kier molecular flexibility index (Phi) is 5.35. The van der Waals surface area contributed by atoms with E-state index in [-0.39, 0.29) is 11.7 Å². The summed E-state index contributed by atoms with van der Waals surface area (Å²) in [5, 5.41) is 8.45. The lowest BCUT2D eigenvalue weighted by Gasteiger charge is -2.22. The van der Waals surface area contributed by atoms with Gasteiger partial charge in [0.25, 0.3) is 5.91 Å². The summed E-state index contributed by atoms with van der Waals surface area (Å²) in [5.41, 5.74) is 3.38. The van der Waals surface area contributed by atoms with E-state index in [1.165, 1.54) is 12.1 Å². The first-order valence-corrected chi connectivity index (χ1v) is 8.82. The van der Waals surface area contributed by atoms with Gasteiger partial charge >= 0.3 is 0 Å². The zero-order valence-electron chi connectivity index (χ0n) is 15.3. The van der Waals surface area contributed by atoms with Crippen molar-refractivity contribution in [3.63, 3.8) is 0 Å². The zero-order chi connectivity index (χ0) is 18.7. The summed E-state index contributed by atoms with van der Waals surface area (Å²) in [4.78, 5) is 20.0. The second-order valence-electron chi connectivity index (χ2n) is 6.29. The average Bonchev–Trinajstić information content (AvgIpc) is 3.27. The molecule has 1 aromatic carbocycles. The van der Waals surface area contributed by atoms with E-state index >= 15 is 0 Å². The van der Waals surface area contributed by atoms with Gasteiger partial charge in [0.1, 0.15) is 5.82 Å². The fourth-order valence-corrected chi connectivity index (χ4v) is 2.95. The lowest BCUT2D eigenvalue weighted by molar-refractivity contribution is -0.142. The molecule has 0 bridgehead atoms. The lowest BCUT2D eigenvalue weighted by Crippen LogP contribution is -2.38. The Balaban J connectivity index is 1.66. The van der Waals surface area contributed by atoms with E-state index in [9.17, 15) is 9.18 Å². The van der Waals surface area contributed by atoms with Crippen LogP contribution in [0.5, 0.6) is 0 Å². The van der Waals surface area contributed by atoms with E-state index in [1.807, 2.05) is 31.6 Å². The number of amides is 1. The number of hydrogen-bond acceptors (Lipinski definition) is 4. The Bertz CT molecular complexity index is 813. The summed E-state index contributed by atoms with van der Waals surface area (Å²) in [6, 6.07) is 6.04. The first-order valence-electron chi connectivity index (χ1n) is 8.82. The minimum atomic E-state index is -0.642. The highest BCUT2D eigenvalue weighted by Crippen LogP contribution is 2.20. The minimum absolute atomic E-state index is 0.1000. The number of aryl methyl sites for hydroxylation is 2. The van der Waals surface area contributed by atoms with Gasteiger partial charge in [-0.15, -0.1) is 0 Å². The predicted octanol–water partition coefficient (Wildman–Crippen LogP) is 2.89. The molecule has 1 aliphatic heterocycles. The topological polar surface area (TPSA) is 59.7 Å². The van der Waals surface area contributed by atoms with Crippen LogP contribution in [0.3, 0.4) is 0 Å². The minimum Gasteiger partial charge on any atom is -0.382 e. The standard InChI is InChI=1S/C19H23FN4O2/c1-4-23(11-15-12-24(5-2)21-13(15)3)19(25)18-10-17(22-26-18)14-6-8-16(20)9-7-14/h6-9,12,18H,4-5,10-11H2,1-3H3. The molecular weight excluding hydrogens is 335 g/mol. The number of hydrogen-bond donors (Lipinski definition) is 0. The van der Waals surface area contributed by atoms with Crippen LogP contribution in [-0.4, -0.2) is 38.9 Å². The Hall–Kier alpha value is -2.70. The Morgan fingerprint density at radius 2 is 2.08 bits per heavy atom. The number of likely N-dealkylation sites (N-methyl/N-ethyl adjacent to an activating group) is 1. The van der Waals surface area contributed by atoms with E-state index in [1.54, 1.807) is 17.0 Å². The molecule has 1 aromatic heterocycles. The fraction of sp³-hybridized carbons (Fsp3) is 0.421. The van der Waals surface area contributed by atoms with Crippen molar-refractivity contribution in [2.24, 2.45) is 5.16 Å². The molecule has 26 heavy (non-hydrogen) atoms. The number of rotatable bonds is 6. The predicted molar refractivity (Wildman–Crippen MR) is 96.2 cm³/mol. The van der Waals surface area contributed by atoms with Crippen molar-refractivity contribution in [1.82, 2.24) is 14.7 Å². The van der Waals surface area contributed by atoms with E-state index in [4.69, 9.17) is 4.84 Å². The van der Waals surface area contributed by atoms with Gasteiger partial charge in [0, 0.05) is 37.8 Å². The van der Waals surface area contributed by atoms with Crippen LogP contribution in [0.2, 0.25) is 0 Å². The molecule has 0 spiro atoms. The molecule has 0 saturated heterocycles. The molecule has 0 N–H and O–H groups in total. The molecule has 7 heteroatoms. The molecule has 1 unspecified atom stereocenters. The van der Waals surface area contributed by atoms with Crippen LogP contribution in [0.15, 0.2) is 35.6 Å². The van der Waals surface area contributed by atoms with Crippen molar-refractivity contribution in [1.29, 1.82) is 0 Å². The van der Waals surface area contributed by atoms with E-state index in [0.29, 0.717) is 25.2 Å². The number of nitrogens with zero attached hydrogens (tertiary/aromatic N) is 4. The zero-order valence-corrected chi connectivity index (χ0v) is 15.3. The summed E-state index contributed by atoms with van der Waals surface area (Å²) in [7, 11) is 0. The molecule has 2 aromatic rings. The maximum absolute atomic E-state index is 13.1. The highest BCUT2D eigenvalue weighted by molar-refractivity contribution is 6.04. The second-order valence-corrected chi connectivity index (χ2v) is 6.29. The number of halogens is 1. The molecule has 0 radical (unpaired) electrons. The lowest BCUT2D eigenvalue weighted by atomic mass is 10.0. The van der Waals surface area contributed by atoms with Gasteiger partial charge in [-0.05, 0) is 38.5 Å². The van der Waals surface area contributed by atoms with Crippen molar-refractivity contribution in [3.8, 4) is 0 Å². The maximum atomic E-state index is 13.1. The molecule has 3 rings (SSSR count). The molecule has 2 heterocycles. The SMILES string of the molecule is CCN(Cc1cn(CC)nc1C)C(=O)C1CC(c2ccc(F)cc2)=NO1. The van der Waals surface area contributed by atoms with Gasteiger partial charge in [-0.2, -0.15) is 5.10 Å². The molecule has 1 amide bonds. The maximum Gasteiger partial charge on any atom is 0.267 e. The Morgan fingerprint density at radius 3 is 2.69 bits per heavy atom. The molecule has 6 nitrogen and oxygen atoms in total. The van der Waals surface area contributed by atoms with Crippen LogP contribution in [0.1, 0.15) is 37.1 Å². The third-order valence-electron chi connectivity index (χ3n) is 4.55. The van der Waals surface area contributed by atoms with Crippen molar-refractivity contribution in [2.45, 2.75) is 46.4 Å². The van der Waals surface area contributed by atoms with Crippen LogP contribution in [-0.2, 0) is 22.7 Å². The van der Waals surface area contributed by atoms with Crippen molar-refractivity contribution < 1.29 is 14.0 Å². The van der Waals surface area contributed by atoms with Gasteiger partial charge in [0.2, 0.25) is 6.10 Å². The third-order valence-corrected chi connectivity index (χ3v) is 4.55. The monoisotopic (exact) mass is 358 g/mol. The third kappa shape index (κ3) is 3.76. The number of carbonyl (C=O) groups excluding carboxylic acids is 1. The largest absolute Gasteiger partial charge is 0.382 e. The van der Waals surface area contributed by atoms with Gasteiger partial charge in [-0.3, -0.25) is 9.48 Å².